The van der Waals surface area contributed by atoms with Crippen molar-refractivity contribution < 1.29 is 15.1 Å². The van der Waals surface area contributed by atoms with E-state index < -0.39 is 15.1 Å². The molecule has 46 valence electrons. The van der Waals surface area contributed by atoms with E-state index in [4.69, 9.17) is 19.4 Å². The molecule has 1 aromatic rings. The van der Waals surface area contributed by atoms with Gasteiger partial charge in [-0.2, -0.15) is 0 Å². The second-order valence-electron chi connectivity index (χ2n) is 1.13. The van der Waals surface area contributed by atoms with E-state index >= 15 is 0 Å². The summed E-state index contributed by atoms with van der Waals surface area (Å²) in [5.74, 6) is 0. The Morgan fingerprint density at radius 3 is 1.56 bits per heavy atom. The molecule has 0 amide bonds. The van der Waals surface area contributed by atoms with Crippen LogP contribution in [0.25, 0.3) is 0 Å². The summed E-state index contributed by atoms with van der Waals surface area (Å²) < 4.78 is 0. The van der Waals surface area contributed by atoms with Crippen molar-refractivity contribution in [2.45, 2.75) is 0 Å². The molecule has 0 radical (unpaired) electrons. The fraction of sp³-hybridized carbons (Fsp3) is 0. The zero-order valence-corrected chi connectivity index (χ0v) is 9.28. The van der Waals surface area contributed by atoms with Gasteiger partial charge < -0.3 is 0 Å². The van der Waals surface area contributed by atoms with Crippen LogP contribution >= 0.6 is 19.4 Å². The van der Waals surface area contributed by atoms with Crippen molar-refractivity contribution in [2.75, 3.05) is 0 Å². The van der Waals surface area contributed by atoms with Crippen LogP contribution in [0.2, 0.25) is 0 Å². The van der Waals surface area contributed by atoms with Crippen LogP contribution in [0, 0.1) is 0 Å². The molecule has 0 bridgehead atoms. The Balaban J connectivity index is 0.000000187. The molecular weight excluding hydrogens is 210 g/mol. The van der Waals surface area contributed by atoms with E-state index in [1.807, 2.05) is 18.2 Å². The largest absolute Gasteiger partial charge is 0.265 e. The monoisotopic (exact) mass is 213 g/mol. The number of hydrogen-bond acceptors (Lipinski definition) is 1. The molecule has 1 rings (SSSR count). The zero-order chi connectivity index (χ0) is 6.95. The summed E-state index contributed by atoms with van der Waals surface area (Å²) in [4.78, 5) is 3.78. The van der Waals surface area contributed by atoms with Gasteiger partial charge in [0.05, 0.1) is 0 Å². The fourth-order valence-corrected chi connectivity index (χ4v) is 0.313. The van der Waals surface area contributed by atoms with Crippen molar-refractivity contribution in [3.8, 4) is 0 Å². The Labute approximate surface area is 70.1 Å². The molecule has 0 spiro atoms. The van der Waals surface area contributed by atoms with Crippen LogP contribution in [0.4, 0.5) is 0 Å². The summed E-state index contributed by atoms with van der Waals surface area (Å²) in [7, 11) is 9.90. The molecule has 1 heterocycles. The molecule has 0 aliphatic carbocycles. The molecule has 0 saturated heterocycles. The first kappa shape index (κ1) is 9.35. The van der Waals surface area contributed by atoms with Gasteiger partial charge in [-0.3, -0.25) is 4.98 Å². The van der Waals surface area contributed by atoms with Crippen LogP contribution in [0.1, 0.15) is 0 Å². The van der Waals surface area contributed by atoms with Gasteiger partial charge in [0.2, 0.25) is 0 Å². The Hall–Kier alpha value is 0.353. The summed E-state index contributed by atoms with van der Waals surface area (Å²) in [6, 6.07) is 5.72. The summed E-state index contributed by atoms with van der Waals surface area (Å²) >= 11 is -0.931. The van der Waals surface area contributed by atoms with Crippen molar-refractivity contribution in [1.29, 1.82) is 0 Å². The van der Waals surface area contributed by atoms with Crippen molar-refractivity contribution in [2.24, 2.45) is 0 Å². The van der Waals surface area contributed by atoms with Gasteiger partial charge >= 0.3 is 34.5 Å². The van der Waals surface area contributed by atoms with Gasteiger partial charge in [-0.25, -0.2) is 0 Å². The minimum Gasteiger partial charge on any atom is -0.265 e. The smallest absolute Gasteiger partial charge is 0.0267 e. The average Bonchev–Trinajstić information content (AvgIpc) is 1.93. The molecule has 0 aliphatic rings. The summed E-state index contributed by atoms with van der Waals surface area (Å²) in [6.07, 6.45) is 3.50. The van der Waals surface area contributed by atoms with Crippen LogP contribution in [0.5, 0.6) is 0 Å². The Morgan fingerprint density at radius 1 is 1.00 bits per heavy atom. The van der Waals surface area contributed by atoms with Crippen LogP contribution in [0.3, 0.4) is 0 Å². The number of aromatic nitrogens is 1. The molecule has 0 aliphatic heterocycles. The standard InChI is InChI=1S/C5H5N.2ClH.Zn/c1-2-4-6-5-3-1;;;/h1-5H;2*1H;/q;;;+2/p-2. The number of rotatable bonds is 0. The van der Waals surface area contributed by atoms with Gasteiger partial charge in [0.1, 0.15) is 0 Å². The Morgan fingerprint density at radius 2 is 1.44 bits per heavy atom. The number of nitrogens with zero attached hydrogens (tertiary/aromatic N) is 1. The maximum atomic E-state index is 4.95. The van der Waals surface area contributed by atoms with Crippen molar-refractivity contribution >= 4 is 19.4 Å². The second-order valence-corrected chi connectivity index (χ2v) is 5.75. The zero-order valence-electron chi connectivity index (χ0n) is 4.80. The minimum atomic E-state index is -0.931. The maximum Gasteiger partial charge on any atom is 0.0267 e. The quantitative estimate of drug-likeness (QED) is 0.606. The molecule has 1 aromatic heterocycles. The summed E-state index contributed by atoms with van der Waals surface area (Å²) in [5.41, 5.74) is 0. The minimum absolute atomic E-state index is 0.931. The molecule has 0 unspecified atom stereocenters. The molecule has 0 aromatic carbocycles. The summed E-state index contributed by atoms with van der Waals surface area (Å²) in [6.45, 7) is 0. The average molecular weight is 215 g/mol. The molecule has 0 saturated carbocycles. The van der Waals surface area contributed by atoms with E-state index in [-0.39, 0.29) is 0 Å². The molecule has 0 atom stereocenters. The fourth-order valence-electron chi connectivity index (χ4n) is 0.313. The van der Waals surface area contributed by atoms with E-state index in [0.717, 1.165) is 0 Å². The van der Waals surface area contributed by atoms with E-state index in [2.05, 4.69) is 4.98 Å². The van der Waals surface area contributed by atoms with Crippen molar-refractivity contribution in [1.82, 2.24) is 4.98 Å². The van der Waals surface area contributed by atoms with E-state index in [0.29, 0.717) is 0 Å². The van der Waals surface area contributed by atoms with Crippen LogP contribution in [-0.4, -0.2) is 4.98 Å². The summed E-state index contributed by atoms with van der Waals surface area (Å²) in [5, 5.41) is 0. The Bertz CT molecular complexity index is 97.8. The number of pyridine rings is 1. The van der Waals surface area contributed by atoms with E-state index in [1.165, 1.54) is 0 Å². The molecular formula is C5H5Cl2NZn. The molecule has 1 nitrogen and oxygen atoms in total. The first-order valence-corrected chi connectivity index (χ1v) is 10.2. The van der Waals surface area contributed by atoms with Gasteiger partial charge in [0, 0.05) is 12.4 Å². The SMILES string of the molecule is [Cl][Zn][Cl].c1ccncc1. The number of halogens is 2. The molecule has 4 heteroatoms. The van der Waals surface area contributed by atoms with E-state index in [9.17, 15) is 0 Å². The first-order chi connectivity index (χ1) is 4.41. The van der Waals surface area contributed by atoms with Crippen LogP contribution < -0.4 is 0 Å². The van der Waals surface area contributed by atoms with Gasteiger partial charge in [-0.1, -0.05) is 6.07 Å². The predicted octanol–water partition coefficient (Wildman–Crippen LogP) is 2.46. The first-order valence-electron chi connectivity index (χ1n) is 2.38. The van der Waals surface area contributed by atoms with Gasteiger partial charge in [-0.05, 0) is 12.1 Å². The maximum absolute atomic E-state index is 4.95. The third-order valence-electron chi connectivity index (χ3n) is 0.566. The van der Waals surface area contributed by atoms with Gasteiger partial charge in [-0.15, -0.1) is 0 Å². The third-order valence-corrected chi connectivity index (χ3v) is 0.566. The topological polar surface area (TPSA) is 12.9 Å². The third kappa shape index (κ3) is 8.35. The van der Waals surface area contributed by atoms with Crippen molar-refractivity contribution in [3.63, 3.8) is 0 Å². The Kier molecular flexibility index (Phi) is 8.68. The normalized spacial score (nSPS) is 6.44. The number of hydrogen-bond donors (Lipinski definition) is 0. The second kappa shape index (κ2) is 8.35. The molecule has 0 N–H and O–H groups in total. The molecule has 0 fully saturated rings. The van der Waals surface area contributed by atoms with Gasteiger partial charge in [0.25, 0.3) is 0 Å². The van der Waals surface area contributed by atoms with Crippen molar-refractivity contribution in [3.05, 3.63) is 30.6 Å². The van der Waals surface area contributed by atoms with E-state index in [1.54, 1.807) is 12.4 Å². The molecule has 9 heavy (non-hydrogen) atoms. The van der Waals surface area contributed by atoms with Crippen LogP contribution in [-0.2, 0) is 15.1 Å². The van der Waals surface area contributed by atoms with Crippen LogP contribution in [0.15, 0.2) is 30.6 Å². The predicted molar refractivity (Wildman–Crippen MR) is 35.9 cm³/mol. The van der Waals surface area contributed by atoms with Gasteiger partial charge in [0.15, 0.2) is 0 Å².